The molecule has 0 radical (unpaired) electrons. The number of rotatable bonds is 4. The molecule has 2 aliphatic rings. The quantitative estimate of drug-likeness (QED) is 0.886. The zero-order chi connectivity index (χ0) is 16.2. The number of likely N-dealkylation sites (tertiary alicyclic amines) is 1. The Kier molecular flexibility index (Phi) is 5.53. The fraction of sp³-hybridized carbons (Fsp3) is 0.600. The van der Waals surface area contributed by atoms with E-state index in [1.165, 1.54) is 11.3 Å². The van der Waals surface area contributed by atoms with E-state index in [4.69, 9.17) is 21.1 Å². The van der Waals surface area contributed by atoms with Gasteiger partial charge in [-0.2, -0.15) is 0 Å². The Bertz CT molecular complexity index is 574. The van der Waals surface area contributed by atoms with Crippen molar-refractivity contribution in [2.75, 3.05) is 32.9 Å². The maximum absolute atomic E-state index is 12.5. The Labute approximate surface area is 143 Å². The molecular weight excluding hydrogens is 340 g/mol. The number of amides is 2. The van der Waals surface area contributed by atoms with Crippen molar-refractivity contribution in [3.8, 4) is 0 Å². The minimum absolute atomic E-state index is 0.116. The molecule has 0 spiro atoms. The van der Waals surface area contributed by atoms with E-state index in [0.29, 0.717) is 48.5 Å². The van der Waals surface area contributed by atoms with Crippen LogP contribution in [-0.2, 0) is 14.3 Å². The normalized spacial score (nSPS) is 24.7. The number of nitrogens with one attached hydrogen (secondary N) is 1. The van der Waals surface area contributed by atoms with Crippen LogP contribution in [0, 0.1) is 0 Å². The van der Waals surface area contributed by atoms with Crippen LogP contribution in [0.2, 0.25) is 4.34 Å². The lowest BCUT2D eigenvalue weighted by Gasteiger charge is -2.26. The summed E-state index contributed by atoms with van der Waals surface area (Å²) in [6.45, 7) is 2.63. The van der Waals surface area contributed by atoms with Gasteiger partial charge in [-0.3, -0.25) is 9.59 Å². The molecule has 2 amide bonds. The van der Waals surface area contributed by atoms with Gasteiger partial charge in [0.05, 0.1) is 35.1 Å². The van der Waals surface area contributed by atoms with Crippen LogP contribution in [0.1, 0.15) is 22.5 Å². The summed E-state index contributed by atoms with van der Waals surface area (Å²) in [6.07, 6.45) is 1.39. The van der Waals surface area contributed by atoms with Gasteiger partial charge in [0.25, 0.3) is 5.91 Å². The smallest absolute Gasteiger partial charge is 0.264 e. The van der Waals surface area contributed by atoms with Crippen LogP contribution in [0.3, 0.4) is 0 Å². The summed E-state index contributed by atoms with van der Waals surface area (Å²) in [5, 5.41) is 2.88. The van der Waals surface area contributed by atoms with Crippen molar-refractivity contribution in [2.45, 2.75) is 25.0 Å². The highest BCUT2D eigenvalue weighted by Gasteiger charge is 2.35. The van der Waals surface area contributed by atoms with E-state index >= 15 is 0 Å². The molecule has 0 unspecified atom stereocenters. The number of hydrogen-bond acceptors (Lipinski definition) is 5. The van der Waals surface area contributed by atoms with Crippen molar-refractivity contribution in [1.29, 1.82) is 0 Å². The third-order valence-electron chi connectivity index (χ3n) is 3.99. The topological polar surface area (TPSA) is 67.9 Å². The van der Waals surface area contributed by atoms with Crippen LogP contribution in [0.15, 0.2) is 12.1 Å². The van der Waals surface area contributed by atoms with Gasteiger partial charge in [-0.25, -0.2) is 0 Å². The number of halogens is 1. The first-order valence-electron chi connectivity index (χ1n) is 7.68. The maximum Gasteiger partial charge on any atom is 0.264 e. The summed E-state index contributed by atoms with van der Waals surface area (Å²) >= 11 is 7.13. The fourth-order valence-corrected chi connectivity index (χ4v) is 3.84. The largest absolute Gasteiger partial charge is 0.376 e. The Morgan fingerprint density at radius 3 is 2.96 bits per heavy atom. The second kappa shape index (κ2) is 7.61. The molecule has 2 atom stereocenters. The molecule has 0 aliphatic carbocycles. The molecule has 2 fully saturated rings. The van der Waals surface area contributed by atoms with Gasteiger partial charge in [0.2, 0.25) is 5.91 Å². The van der Waals surface area contributed by atoms with E-state index in [2.05, 4.69) is 5.32 Å². The first kappa shape index (κ1) is 16.7. The Hall–Kier alpha value is -1.15. The molecule has 3 rings (SSSR count). The molecule has 6 nitrogen and oxygen atoms in total. The maximum atomic E-state index is 12.5. The SMILES string of the molecule is O=C(NC[C@@H]1COCCO1)[C@H]1CCCN1C(=O)c1ccc(Cl)s1. The van der Waals surface area contributed by atoms with Gasteiger partial charge in [-0.15, -0.1) is 11.3 Å². The first-order chi connectivity index (χ1) is 11.1. The van der Waals surface area contributed by atoms with Gasteiger partial charge in [0.1, 0.15) is 6.04 Å². The summed E-state index contributed by atoms with van der Waals surface area (Å²) in [7, 11) is 0. The molecule has 1 aromatic rings. The highest BCUT2D eigenvalue weighted by Crippen LogP contribution is 2.26. The molecule has 126 valence electrons. The van der Waals surface area contributed by atoms with Crippen LogP contribution >= 0.6 is 22.9 Å². The summed E-state index contributed by atoms with van der Waals surface area (Å²) in [4.78, 5) is 27.2. The molecule has 2 aliphatic heterocycles. The number of nitrogens with zero attached hydrogens (tertiary/aromatic N) is 1. The molecule has 0 saturated carbocycles. The van der Waals surface area contributed by atoms with Crippen molar-refractivity contribution in [3.05, 3.63) is 21.3 Å². The van der Waals surface area contributed by atoms with Crippen LogP contribution in [0.4, 0.5) is 0 Å². The summed E-state index contributed by atoms with van der Waals surface area (Å²) < 4.78 is 11.4. The van der Waals surface area contributed by atoms with Gasteiger partial charge >= 0.3 is 0 Å². The fourth-order valence-electron chi connectivity index (χ4n) is 2.84. The minimum Gasteiger partial charge on any atom is -0.376 e. The van der Waals surface area contributed by atoms with E-state index in [1.54, 1.807) is 17.0 Å². The molecule has 2 saturated heterocycles. The summed E-state index contributed by atoms with van der Waals surface area (Å²) in [6, 6.07) is 2.98. The lowest BCUT2D eigenvalue weighted by molar-refractivity contribution is -0.127. The van der Waals surface area contributed by atoms with Crippen LogP contribution in [0.25, 0.3) is 0 Å². The Morgan fingerprint density at radius 2 is 2.26 bits per heavy atom. The molecule has 0 bridgehead atoms. The van der Waals surface area contributed by atoms with Crippen molar-refractivity contribution in [2.24, 2.45) is 0 Å². The molecule has 3 heterocycles. The predicted molar refractivity (Wildman–Crippen MR) is 87.0 cm³/mol. The molecule has 0 aromatic carbocycles. The van der Waals surface area contributed by atoms with Crippen LogP contribution < -0.4 is 5.32 Å². The van der Waals surface area contributed by atoms with Crippen LogP contribution in [-0.4, -0.2) is 61.8 Å². The number of carbonyl (C=O) groups is 2. The summed E-state index contributed by atoms with van der Waals surface area (Å²) in [5.41, 5.74) is 0. The minimum atomic E-state index is -0.423. The van der Waals surface area contributed by atoms with Gasteiger partial charge in [0.15, 0.2) is 0 Å². The van der Waals surface area contributed by atoms with E-state index < -0.39 is 6.04 Å². The van der Waals surface area contributed by atoms with E-state index in [9.17, 15) is 9.59 Å². The van der Waals surface area contributed by atoms with Gasteiger partial charge in [-0.1, -0.05) is 11.6 Å². The van der Waals surface area contributed by atoms with Crippen molar-refractivity contribution in [3.63, 3.8) is 0 Å². The average molecular weight is 359 g/mol. The molecular formula is C15H19ClN2O4S. The average Bonchev–Trinajstić information content (AvgIpc) is 3.22. The van der Waals surface area contributed by atoms with Gasteiger partial charge in [0, 0.05) is 13.1 Å². The molecule has 23 heavy (non-hydrogen) atoms. The van der Waals surface area contributed by atoms with E-state index in [-0.39, 0.29) is 17.9 Å². The second-order valence-corrected chi connectivity index (χ2v) is 7.29. The number of carbonyl (C=O) groups excluding carboxylic acids is 2. The lowest BCUT2D eigenvalue weighted by atomic mass is 10.2. The Morgan fingerprint density at radius 1 is 1.39 bits per heavy atom. The highest BCUT2D eigenvalue weighted by atomic mass is 35.5. The zero-order valence-corrected chi connectivity index (χ0v) is 14.2. The molecule has 1 N–H and O–H groups in total. The molecule has 1 aromatic heterocycles. The van der Waals surface area contributed by atoms with Crippen molar-refractivity contribution >= 4 is 34.8 Å². The first-order valence-corrected chi connectivity index (χ1v) is 8.88. The summed E-state index contributed by atoms with van der Waals surface area (Å²) in [5.74, 6) is -0.260. The van der Waals surface area contributed by atoms with Gasteiger partial charge in [-0.05, 0) is 25.0 Å². The Balaban J connectivity index is 1.57. The number of hydrogen-bond donors (Lipinski definition) is 1. The number of ether oxygens (including phenoxy) is 2. The third kappa shape index (κ3) is 4.03. The number of thiophene rings is 1. The third-order valence-corrected chi connectivity index (χ3v) is 5.21. The standard InChI is InChI=1S/C15H19ClN2O4S/c16-13-4-3-12(23-13)15(20)18-5-1-2-11(18)14(19)17-8-10-9-21-6-7-22-10/h3-4,10-11H,1-2,5-9H2,(H,17,19)/t10-,11-/m1/s1. The zero-order valence-electron chi connectivity index (χ0n) is 12.6. The molecule has 8 heteroatoms. The lowest BCUT2D eigenvalue weighted by Crippen LogP contribution is -2.48. The van der Waals surface area contributed by atoms with Crippen LogP contribution in [0.5, 0.6) is 0 Å². The van der Waals surface area contributed by atoms with E-state index in [1.807, 2.05) is 0 Å². The van der Waals surface area contributed by atoms with Crippen molar-refractivity contribution in [1.82, 2.24) is 10.2 Å². The van der Waals surface area contributed by atoms with E-state index in [0.717, 1.165) is 6.42 Å². The monoisotopic (exact) mass is 358 g/mol. The van der Waals surface area contributed by atoms with Crippen molar-refractivity contribution < 1.29 is 19.1 Å². The van der Waals surface area contributed by atoms with Gasteiger partial charge < -0.3 is 19.7 Å². The highest BCUT2D eigenvalue weighted by molar-refractivity contribution is 7.17. The second-order valence-electron chi connectivity index (χ2n) is 5.57. The predicted octanol–water partition coefficient (Wildman–Crippen LogP) is 1.54.